The summed E-state index contributed by atoms with van der Waals surface area (Å²) in [5, 5.41) is 0. The Hall–Kier alpha value is -2.16. The second-order valence-corrected chi connectivity index (χ2v) is 4.36. The third-order valence-electron chi connectivity index (χ3n) is 2.97. The van der Waals surface area contributed by atoms with Crippen molar-refractivity contribution in [1.82, 2.24) is 4.98 Å². The fourth-order valence-corrected chi connectivity index (χ4v) is 1.87. The van der Waals surface area contributed by atoms with Gasteiger partial charge in [0.05, 0.1) is 12.2 Å². The lowest BCUT2D eigenvalue weighted by Gasteiger charge is -2.06. The molecule has 0 aliphatic carbocycles. The fraction of sp³-hybridized carbons (Fsp3) is 0.250. The number of esters is 1. The highest BCUT2D eigenvalue weighted by atomic mass is 16.5. The van der Waals surface area contributed by atoms with Crippen LogP contribution in [0.1, 0.15) is 34.1 Å². The Kier molecular flexibility index (Phi) is 4.29. The van der Waals surface area contributed by atoms with Gasteiger partial charge in [0, 0.05) is 18.3 Å². The highest BCUT2D eigenvalue weighted by Gasteiger charge is 2.07. The molecule has 1 heterocycles. The maximum absolute atomic E-state index is 11.5. The van der Waals surface area contributed by atoms with Gasteiger partial charge in [-0.25, -0.2) is 4.79 Å². The summed E-state index contributed by atoms with van der Waals surface area (Å²) in [5.41, 5.74) is 3.94. The third-order valence-corrected chi connectivity index (χ3v) is 2.97. The van der Waals surface area contributed by atoms with E-state index in [1.54, 1.807) is 19.2 Å². The number of rotatable bonds is 4. The molecule has 1 aromatic heterocycles. The molecule has 0 bridgehead atoms. The van der Waals surface area contributed by atoms with Gasteiger partial charge in [0.25, 0.3) is 0 Å². The van der Waals surface area contributed by atoms with Gasteiger partial charge in [-0.3, -0.25) is 4.98 Å². The van der Waals surface area contributed by atoms with Gasteiger partial charge in [0.1, 0.15) is 0 Å². The number of pyridine rings is 1. The molecule has 2 rings (SSSR count). The van der Waals surface area contributed by atoms with E-state index in [2.05, 4.69) is 24.0 Å². The molecule has 0 amide bonds. The average molecular weight is 255 g/mol. The molecule has 2 aromatic rings. The van der Waals surface area contributed by atoms with Crippen LogP contribution in [0.2, 0.25) is 0 Å². The minimum atomic E-state index is -0.322. The van der Waals surface area contributed by atoms with Crippen molar-refractivity contribution in [3.05, 3.63) is 65.0 Å². The van der Waals surface area contributed by atoms with E-state index < -0.39 is 0 Å². The van der Waals surface area contributed by atoms with Crippen molar-refractivity contribution in [2.45, 2.75) is 20.3 Å². The average Bonchev–Trinajstić information content (AvgIpc) is 2.42. The van der Waals surface area contributed by atoms with Crippen LogP contribution in [0.5, 0.6) is 0 Å². The van der Waals surface area contributed by atoms with E-state index in [0.717, 1.165) is 12.1 Å². The van der Waals surface area contributed by atoms with Gasteiger partial charge in [-0.05, 0) is 37.1 Å². The molecule has 0 N–H and O–H groups in total. The van der Waals surface area contributed by atoms with Gasteiger partial charge < -0.3 is 4.74 Å². The molecule has 98 valence electrons. The standard InChI is InChI=1S/C16H17NO2/c1-3-19-16(18)14-8-9-15(17-11-14)10-13-7-5-4-6-12(13)2/h4-9,11H,3,10H2,1-2H3. The molecule has 0 unspecified atom stereocenters. The molecule has 1 aromatic carbocycles. The summed E-state index contributed by atoms with van der Waals surface area (Å²) < 4.78 is 4.93. The first-order valence-corrected chi connectivity index (χ1v) is 6.37. The second-order valence-electron chi connectivity index (χ2n) is 4.36. The molecule has 0 aliphatic heterocycles. The second kappa shape index (κ2) is 6.14. The van der Waals surface area contributed by atoms with Gasteiger partial charge in [-0.1, -0.05) is 24.3 Å². The number of hydrogen-bond acceptors (Lipinski definition) is 3. The Morgan fingerprint density at radius 2 is 2.00 bits per heavy atom. The minimum absolute atomic E-state index is 0.322. The maximum atomic E-state index is 11.5. The van der Waals surface area contributed by atoms with Crippen LogP contribution < -0.4 is 0 Å². The zero-order valence-corrected chi connectivity index (χ0v) is 11.2. The summed E-state index contributed by atoms with van der Waals surface area (Å²) in [6, 6.07) is 11.9. The Morgan fingerprint density at radius 1 is 1.21 bits per heavy atom. The summed E-state index contributed by atoms with van der Waals surface area (Å²) in [6.45, 7) is 4.25. The van der Waals surface area contributed by atoms with Gasteiger partial charge in [0.15, 0.2) is 0 Å². The number of ether oxygens (including phenoxy) is 1. The Labute approximate surface area is 113 Å². The van der Waals surface area contributed by atoms with Gasteiger partial charge in [-0.15, -0.1) is 0 Å². The molecule has 0 aliphatic rings. The van der Waals surface area contributed by atoms with Gasteiger partial charge in [0.2, 0.25) is 0 Å². The van der Waals surface area contributed by atoms with Crippen LogP contribution in [0.25, 0.3) is 0 Å². The number of aromatic nitrogens is 1. The molecule has 0 spiro atoms. The SMILES string of the molecule is CCOC(=O)c1ccc(Cc2ccccc2C)nc1. The number of hydrogen-bond donors (Lipinski definition) is 0. The lowest BCUT2D eigenvalue weighted by molar-refractivity contribution is 0.0526. The monoisotopic (exact) mass is 255 g/mol. The molecule has 3 heteroatoms. The Morgan fingerprint density at radius 3 is 2.63 bits per heavy atom. The van der Waals surface area contributed by atoms with E-state index in [-0.39, 0.29) is 5.97 Å². The lowest BCUT2D eigenvalue weighted by atomic mass is 10.0. The summed E-state index contributed by atoms with van der Waals surface area (Å²) in [4.78, 5) is 15.8. The van der Waals surface area contributed by atoms with Crippen molar-refractivity contribution < 1.29 is 9.53 Å². The number of aryl methyl sites for hydroxylation is 1. The number of benzene rings is 1. The van der Waals surface area contributed by atoms with Crippen LogP contribution in [-0.4, -0.2) is 17.6 Å². The molecule has 0 saturated carbocycles. The predicted octanol–water partition coefficient (Wildman–Crippen LogP) is 3.16. The van der Waals surface area contributed by atoms with Gasteiger partial charge >= 0.3 is 5.97 Å². The van der Waals surface area contributed by atoms with E-state index in [0.29, 0.717) is 12.2 Å². The van der Waals surface area contributed by atoms with E-state index in [1.807, 2.05) is 18.2 Å². The molecule has 3 nitrogen and oxygen atoms in total. The topological polar surface area (TPSA) is 39.2 Å². The normalized spacial score (nSPS) is 10.2. The molecule has 0 fully saturated rings. The Balaban J connectivity index is 2.11. The first kappa shape index (κ1) is 13.3. The largest absolute Gasteiger partial charge is 0.462 e. The molecular formula is C16H17NO2. The minimum Gasteiger partial charge on any atom is -0.462 e. The quantitative estimate of drug-likeness (QED) is 0.788. The van der Waals surface area contributed by atoms with Crippen LogP contribution >= 0.6 is 0 Å². The van der Waals surface area contributed by atoms with E-state index in [9.17, 15) is 4.79 Å². The number of nitrogens with zero attached hydrogens (tertiary/aromatic N) is 1. The molecule has 0 atom stereocenters. The molecule has 0 radical (unpaired) electrons. The number of carbonyl (C=O) groups is 1. The van der Waals surface area contributed by atoms with Crippen LogP contribution in [0, 0.1) is 6.92 Å². The van der Waals surface area contributed by atoms with Crippen molar-refractivity contribution in [2.24, 2.45) is 0 Å². The van der Waals surface area contributed by atoms with E-state index >= 15 is 0 Å². The summed E-state index contributed by atoms with van der Waals surface area (Å²) in [6.07, 6.45) is 2.35. The van der Waals surface area contributed by atoms with Crippen molar-refractivity contribution in [3.8, 4) is 0 Å². The van der Waals surface area contributed by atoms with Crippen LogP contribution in [0.3, 0.4) is 0 Å². The van der Waals surface area contributed by atoms with Crippen LogP contribution in [0.4, 0.5) is 0 Å². The van der Waals surface area contributed by atoms with Crippen LogP contribution in [0.15, 0.2) is 42.6 Å². The smallest absolute Gasteiger partial charge is 0.339 e. The van der Waals surface area contributed by atoms with Crippen molar-refractivity contribution >= 4 is 5.97 Å². The lowest BCUT2D eigenvalue weighted by Crippen LogP contribution is -2.05. The summed E-state index contributed by atoms with van der Waals surface area (Å²) in [7, 11) is 0. The maximum Gasteiger partial charge on any atom is 0.339 e. The van der Waals surface area contributed by atoms with E-state index in [4.69, 9.17) is 4.74 Å². The number of carbonyl (C=O) groups excluding carboxylic acids is 1. The Bertz CT molecular complexity index is 561. The van der Waals surface area contributed by atoms with Crippen LogP contribution in [-0.2, 0) is 11.2 Å². The zero-order valence-electron chi connectivity index (χ0n) is 11.2. The first-order chi connectivity index (χ1) is 9.20. The first-order valence-electron chi connectivity index (χ1n) is 6.37. The van der Waals surface area contributed by atoms with E-state index in [1.165, 1.54) is 11.1 Å². The summed E-state index contributed by atoms with van der Waals surface area (Å²) >= 11 is 0. The fourth-order valence-electron chi connectivity index (χ4n) is 1.87. The highest BCUT2D eigenvalue weighted by Crippen LogP contribution is 2.12. The molecule has 19 heavy (non-hydrogen) atoms. The predicted molar refractivity (Wildman–Crippen MR) is 74.2 cm³/mol. The third kappa shape index (κ3) is 3.41. The van der Waals surface area contributed by atoms with Crippen molar-refractivity contribution in [3.63, 3.8) is 0 Å². The zero-order chi connectivity index (χ0) is 13.7. The van der Waals surface area contributed by atoms with Crippen molar-refractivity contribution in [1.29, 1.82) is 0 Å². The molecule has 0 saturated heterocycles. The van der Waals surface area contributed by atoms with Gasteiger partial charge in [-0.2, -0.15) is 0 Å². The summed E-state index contributed by atoms with van der Waals surface area (Å²) in [5.74, 6) is -0.322. The van der Waals surface area contributed by atoms with Crippen molar-refractivity contribution in [2.75, 3.05) is 6.61 Å². The molecular weight excluding hydrogens is 238 g/mol. The highest BCUT2D eigenvalue weighted by molar-refractivity contribution is 5.88.